The summed E-state index contributed by atoms with van der Waals surface area (Å²) in [5.74, 6) is 0. The molecule has 6 heteroatoms. The van der Waals surface area contributed by atoms with Crippen molar-refractivity contribution in [1.82, 2.24) is 0 Å². The summed E-state index contributed by atoms with van der Waals surface area (Å²) in [6, 6.07) is 0. The number of rotatable bonds is 21. The molecule has 4 nitrogen and oxygen atoms in total. The molecule has 29 heavy (non-hydrogen) atoms. The molecule has 0 radical (unpaired) electrons. The molecule has 0 heterocycles. The molecule has 1 N–H and O–H groups in total. The summed E-state index contributed by atoms with van der Waals surface area (Å²) in [5.41, 5.74) is 0. The molecule has 0 rings (SSSR count). The van der Waals surface area contributed by atoms with Crippen molar-refractivity contribution in [1.29, 1.82) is 0 Å². The van der Waals surface area contributed by atoms with Crippen LogP contribution < -0.4 is 29.6 Å². The Hall–Kier alpha value is 0.870. The quantitative estimate of drug-likeness (QED) is 0.167. The minimum Gasteiger partial charge on any atom is -0.748 e. The van der Waals surface area contributed by atoms with Gasteiger partial charge in [0.25, 0.3) is 0 Å². The Kier molecular flexibility index (Phi) is 24.4. The van der Waals surface area contributed by atoms with Gasteiger partial charge in [0.15, 0.2) is 0 Å². The van der Waals surface area contributed by atoms with Crippen LogP contribution in [0.5, 0.6) is 0 Å². The first-order chi connectivity index (χ1) is 13.4. The maximum Gasteiger partial charge on any atom is 1.00 e. The molecule has 0 aromatic carbocycles. The number of aliphatic hydroxyl groups is 1. The average molecular weight is 443 g/mol. The second-order valence-electron chi connectivity index (χ2n) is 8.49. The normalized spacial score (nSPS) is 13.8. The van der Waals surface area contributed by atoms with Gasteiger partial charge in [0, 0.05) is 5.25 Å². The van der Waals surface area contributed by atoms with Crippen molar-refractivity contribution in [3.05, 3.63) is 0 Å². The van der Waals surface area contributed by atoms with E-state index in [-0.39, 0.29) is 35.7 Å². The molecule has 2 atom stereocenters. The first-order valence-corrected chi connectivity index (χ1v) is 13.5. The van der Waals surface area contributed by atoms with Gasteiger partial charge in [-0.3, -0.25) is 0 Å². The molecule has 0 spiro atoms. The van der Waals surface area contributed by atoms with Gasteiger partial charge in [-0.1, -0.05) is 110 Å². The fourth-order valence-corrected chi connectivity index (χ4v) is 4.71. The predicted molar refractivity (Wildman–Crippen MR) is 119 cm³/mol. The molecule has 0 aliphatic carbocycles. The summed E-state index contributed by atoms with van der Waals surface area (Å²) in [5, 5.41) is 9.20. The monoisotopic (exact) mass is 442 g/mol. The second kappa shape index (κ2) is 22.1. The van der Waals surface area contributed by atoms with Crippen molar-refractivity contribution in [3.8, 4) is 0 Å². The van der Waals surface area contributed by atoms with E-state index >= 15 is 0 Å². The Morgan fingerprint density at radius 1 is 0.655 bits per heavy atom. The predicted octanol–water partition coefficient (Wildman–Crippen LogP) is 3.72. The zero-order valence-electron chi connectivity index (χ0n) is 19.7. The van der Waals surface area contributed by atoms with Gasteiger partial charge in [0.2, 0.25) is 0 Å². The van der Waals surface area contributed by atoms with Crippen molar-refractivity contribution in [2.45, 2.75) is 147 Å². The van der Waals surface area contributed by atoms with Crippen LogP contribution in [-0.2, 0) is 10.1 Å². The van der Waals surface area contributed by atoms with E-state index in [1.807, 2.05) is 0 Å². The van der Waals surface area contributed by atoms with Crippen molar-refractivity contribution in [2.24, 2.45) is 0 Å². The van der Waals surface area contributed by atoms with E-state index in [0.29, 0.717) is 12.8 Å². The van der Waals surface area contributed by atoms with Crippen LogP contribution in [0, 0.1) is 0 Å². The zero-order chi connectivity index (χ0) is 21.1. The van der Waals surface area contributed by atoms with Crippen LogP contribution in [-0.4, -0.2) is 29.4 Å². The fourth-order valence-electron chi connectivity index (χ4n) is 3.85. The smallest absolute Gasteiger partial charge is 0.748 e. The number of hydrogen-bond acceptors (Lipinski definition) is 4. The standard InChI is InChI=1S/C23H48O4S.Na/c1-3-5-16-19-22(24)20-17-14-12-10-8-6-7-9-11-13-15-18-21-23(4-2)28(25,26)27;/h22-24H,3-21H2,1-2H3,(H,25,26,27);/q;+1/p-1. The Morgan fingerprint density at radius 2 is 1.00 bits per heavy atom. The van der Waals surface area contributed by atoms with E-state index in [0.717, 1.165) is 32.1 Å². The van der Waals surface area contributed by atoms with Crippen LogP contribution in [0.2, 0.25) is 0 Å². The van der Waals surface area contributed by atoms with Gasteiger partial charge in [-0.2, -0.15) is 0 Å². The van der Waals surface area contributed by atoms with Gasteiger partial charge in [0.05, 0.1) is 16.2 Å². The number of aliphatic hydroxyl groups excluding tert-OH is 1. The molecule has 2 unspecified atom stereocenters. The minimum absolute atomic E-state index is 0. The molecule has 0 aliphatic rings. The molecule has 0 fully saturated rings. The van der Waals surface area contributed by atoms with Gasteiger partial charge in [-0.05, 0) is 25.7 Å². The summed E-state index contributed by atoms with van der Waals surface area (Å²) in [4.78, 5) is 0. The molecular weight excluding hydrogens is 395 g/mol. The van der Waals surface area contributed by atoms with Crippen molar-refractivity contribution >= 4 is 10.1 Å². The molecular formula is C23H47NaO4S. The fraction of sp³-hybridized carbons (Fsp3) is 1.00. The molecule has 0 aromatic heterocycles. The van der Waals surface area contributed by atoms with Gasteiger partial charge in [-0.25, -0.2) is 8.42 Å². The van der Waals surface area contributed by atoms with Gasteiger partial charge in [-0.15, -0.1) is 0 Å². The second-order valence-corrected chi connectivity index (χ2v) is 10.1. The van der Waals surface area contributed by atoms with E-state index in [1.165, 1.54) is 77.0 Å². The van der Waals surface area contributed by atoms with Crippen LogP contribution in [0.4, 0.5) is 0 Å². The van der Waals surface area contributed by atoms with Crippen LogP contribution in [0.1, 0.15) is 136 Å². The summed E-state index contributed by atoms with van der Waals surface area (Å²) in [6.07, 6.45) is 20.9. The molecule has 0 bridgehead atoms. The van der Waals surface area contributed by atoms with E-state index in [2.05, 4.69) is 6.92 Å². The summed E-state index contributed by atoms with van der Waals surface area (Å²) >= 11 is 0. The summed E-state index contributed by atoms with van der Waals surface area (Å²) in [7, 11) is -4.10. The summed E-state index contributed by atoms with van der Waals surface area (Å²) < 4.78 is 33.1. The number of unbranched alkanes of at least 4 members (excludes halogenated alkanes) is 13. The van der Waals surface area contributed by atoms with E-state index in [9.17, 15) is 18.1 Å². The topological polar surface area (TPSA) is 77.4 Å². The van der Waals surface area contributed by atoms with Crippen molar-refractivity contribution < 1.29 is 47.6 Å². The Labute approximate surface area is 204 Å². The van der Waals surface area contributed by atoms with Crippen LogP contribution >= 0.6 is 0 Å². The van der Waals surface area contributed by atoms with E-state index in [1.54, 1.807) is 6.92 Å². The molecule has 0 amide bonds. The molecule has 0 saturated heterocycles. The minimum atomic E-state index is -4.10. The van der Waals surface area contributed by atoms with Gasteiger partial charge >= 0.3 is 29.6 Å². The third kappa shape index (κ3) is 21.9. The van der Waals surface area contributed by atoms with Gasteiger partial charge in [0.1, 0.15) is 0 Å². The largest absolute Gasteiger partial charge is 1.00 e. The summed E-state index contributed by atoms with van der Waals surface area (Å²) in [6.45, 7) is 3.97. The zero-order valence-corrected chi connectivity index (χ0v) is 22.5. The third-order valence-electron chi connectivity index (χ3n) is 5.82. The Morgan fingerprint density at radius 3 is 1.34 bits per heavy atom. The van der Waals surface area contributed by atoms with E-state index in [4.69, 9.17) is 0 Å². The van der Waals surface area contributed by atoms with Crippen molar-refractivity contribution in [3.63, 3.8) is 0 Å². The molecule has 0 aromatic rings. The van der Waals surface area contributed by atoms with Crippen molar-refractivity contribution in [2.75, 3.05) is 0 Å². The first-order valence-electron chi connectivity index (χ1n) is 12.0. The molecule has 170 valence electrons. The Bertz CT molecular complexity index is 429. The average Bonchev–Trinajstić information content (AvgIpc) is 2.64. The van der Waals surface area contributed by atoms with Crippen LogP contribution in [0.15, 0.2) is 0 Å². The maximum absolute atomic E-state index is 11.0. The Balaban J connectivity index is 0. The van der Waals surface area contributed by atoms with E-state index < -0.39 is 15.4 Å². The van der Waals surface area contributed by atoms with Crippen LogP contribution in [0.25, 0.3) is 0 Å². The molecule has 0 aliphatic heterocycles. The van der Waals surface area contributed by atoms with Crippen LogP contribution in [0.3, 0.4) is 0 Å². The third-order valence-corrected chi connectivity index (χ3v) is 7.20. The molecule has 0 saturated carbocycles. The number of hydrogen-bond donors (Lipinski definition) is 1. The first kappa shape index (κ1) is 32.1. The maximum atomic E-state index is 11.0. The SMILES string of the molecule is CCCCCC(O)CCCCCCCCCCCCCCC(CC)S(=O)(=O)[O-].[Na+]. The van der Waals surface area contributed by atoms with Gasteiger partial charge < -0.3 is 9.66 Å².